The van der Waals surface area contributed by atoms with E-state index in [0.29, 0.717) is 23.1 Å². The molecule has 0 spiro atoms. The standard InChI is InChI=1S/C14H13ClN2O2/c15-12-4-11(5-13-14(12)19-9-18-13)8-17-7-10-2-1-3-16-6-10/h1-6,17H,7-9H2. The summed E-state index contributed by atoms with van der Waals surface area (Å²) in [6, 6.07) is 7.80. The number of halogens is 1. The minimum Gasteiger partial charge on any atom is -0.454 e. The molecule has 1 aromatic heterocycles. The third kappa shape index (κ3) is 2.80. The first kappa shape index (κ1) is 12.3. The second kappa shape index (κ2) is 5.47. The first-order valence-corrected chi connectivity index (χ1v) is 6.38. The fourth-order valence-corrected chi connectivity index (χ4v) is 2.26. The number of nitrogens with zero attached hydrogens (tertiary/aromatic N) is 1. The number of benzene rings is 1. The Labute approximate surface area is 116 Å². The van der Waals surface area contributed by atoms with E-state index < -0.39 is 0 Å². The topological polar surface area (TPSA) is 43.4 Å². The predicted octanol–water partition coefficient (Wildman–Crippen LogP) is 2.75. The quantitative estimate of drug-likeness (QED) is 0.932. The molecule has 0 unspecified atom stereocenters. The molecule has 0 saturated heterocycles. The molecular formula is C14H13ClN2O2. The summed E-state index contributed by atoms with van der Waals surface area (Å²) in [7, 11) is 0. The van der Waals surface area contributed by atoms with Crippen molar-refractivity contribution >= 4 is 11.6 Å². The van der Waals surface area contributed by atoms with Crippen molar-refractivity contribution in [3.05, 3.63) is 52.8 Å². The minimum atomic E-state index is 0.238. The lowest BCUT2D eigenvalue weighted by Crippen LogP contribution is -2.12. The molecule has 1 N–H and O–H groups in total. The summed E-state index contributed by atoms with van der Waals surface area (Å²) in [5.41, 5.74) is 2.22. The number of hydrogen-bond acceptors (Lipinski definition) is 4. The molecule has 5 heteroatoms. The van der Waals surface area contributed by atoms with E-state index in [2.05, 4.69) is 10.3 Å². The predicted molar refractivity (Wildman–Crippen MR) is 72.4 cm³/mol. The van der Waals surface area contributed by atoms with Gasteiger partial charge in [-0.1, -0.05) is 17.7 Å². The maximum Gasteiger partial charge on any atom is 0.231 e. The molecule has 98 valence electrons. The second-order valence-corrected chi connectivity index (χ2v) is 4.68. The molecule has 2 aromatic rings. The molecule has 4 nitrogen and oxygen atoms in total. The summed E-state index contributed by atoms with van der Waals surface area (Å²) in [6.07, 6.45) is 3.61. The van der Waals surface area contributed by atoms with Crippen LogP contribution in [0.15, 0.2) is 36.7 Å². The highest BCUT2D eigenvalue weighted by Gasteiger charge is 2.17. The van der Waals surface area contributed by atoms with Gasteiger partial charge in [-0.15, -0.1) is 0 Å². The van der Waals surface area contributed by atoms with Gasteiger partial charge in [-0.3, -0.25) is 4.98 Å². The number of fused-ring (bicyclic) bond motifs is 1. The monoisotopic (exact) mass is 276 g/mol. The highest BCUT2D eigenvalue weighted by molar-refractivity contribution is 6.32. The summed E-state index contributed by atoms with van der Waals surface area (Å²) in [5.74, 6) is 1.35. The van der Waals surface area contributed by atoms with Crippen LogP contribution in [0.2, 0.25) is 5.02 Å². The summed E-state index contributed by atoms with van der Waals surface area (Å²) >= 11 is 6.13. The van der Waals surface area contributed by atoms with Crippen LogP contribution in [0.4, 0.5) is 0 Å². The molecule has 0 amide bonds. The Morgan fingerprint density at radius 3 is 2.95 bits per heavy atom. The highest BCUT2D eigenvalue weighted by Crippen LogP contribution is 2.39. The summed E-state index contributed by atoms with van der Waals surface area (Å²) < 4.78 is 10.6. The lowest BCUT2D eigenvalue weighted by Gasteiger charge is -2.07. The Balaban J connectivity index is 1.63. The van der Waals surface area contributed by atoms with Crippen LogP contribution in [-0.2, 0) is 13.1 Å². The van der Waals surface area contributed by atoms with Gasteiger partial charge in [0.1, 0.15) is 0 Å². The van der Waals surface area contributed by atoms with Crippen LogP contribution in [0.3, 0.4) is 0 Å². The Morgan fingerprint density at radius 2 is 2.11 bits per heavy atom. The molecule has 0 saturated carbocycles. The van der Waals surface area contributed by atoms with Gasteiger partial charge in [-0.2, -0.15) is 0 Å². The number of aromatic nitrogens is 1. The first-order valence-electron chi connectivity index (χ1n) is 6.00. The van der Waals surface area contributed by atoms with E-state index in [1.165, 1.54) is 0 Å². The zero-order chi connectivity index (χ0) is 13.1. The van der Waals surface area contributed by atoms with Crippen LogP contribution in [0, 0.1) is 0 Å². The van der Waals surface area contributed by atoms with Crippen molar-refractivity contribution in [2.45, 2.75) is 13.1 Å². The number of rotatable bonds is 4. The molecule has 2 heterocycles. The second-order valence-electron chi connectivity index (χ2n) is 4.28. The smallest absolute Gasteiger partial charge is 0.231 e. The van der Waals surface area contributed by atoms with E-state index in [1.54, 1.807) is 6.20 Å². The maximum atomic E-state index is 6.13. The van der Waals surface area contributed by atoms with E-state index in [1.807, 2.05) is 30.5 Å². The number of pyridine rings is 1. The van der Waals surface area contributed by atoms with Crippen molar-refractivity contribution in [1.29, 1.82) is 0 Å². The average Bonchev–Trinajstić information content (AvgIpc) is 2.89. The van der Waals surface area contributed by atoms with Crippen molar-refractivity contribution in [2.24, 2.45) is 0 Å². The lowest BCUT2D eigenvalue weighted by atomic mass is 10.2. The van der Waals surface area contributed by atoms with E-state index in [9.17, 15) is 0 Å². The van der Waals surface area contributed by atoms with Gasteiger partial charge in [0.25, 0.3) is 0 Å². The first-order chi connectivity index (χ1) is 9.33. The van der Waals surface area contributed by atoms with Crippen LogP contribution in [-0.4, -0.2) is 11.8 Å². The molecular weight excluding hydrogens is 264 g/mol. The van der Waals surface area contributed by atoms with Gasteiger partial charge in [0.2, 0.25) is 6.79 Å². The van der Waals surface area contributed by atoms with Crippen molar-refractivity contribution in [3.8, 4) is 11.5 Å². The molecule has 0 aliphatic carbocycles. The van der Waals surface area contributed by atoms with Gasteiger partial charge < -0.3 is 14.8 Å². The fourth-order valence-electron chi connectivity index (χ4n) is 1.98. The third-order valence-corrected chi connectivity index (χ3v) is 3.15. The Morgan fingerprint density at radius 1 is 1.21 bits per heavy atom. The van der Waals surface area contributed by atoms with Gasteiger partial charge >= 0.3 is 0 Å². The summed E-state index contributed by atoms with van der Waals surface area (Å²) in [5, 5.41) is 3.93. The highest BCUT2D eigenvalue weighted by atomic mass is 35.5. The van der Waals surface area contributed by atoms with E-state index in [-0.39, 0.29) is 6.79 Å². The van der Waals surface area contributed by atoms with Crippen LogP contribution in [0.1, 0.15) is 11.1 Å². The minimum absolute atomic E-state index is 0.238. The van der Waals surface area contributed by atoms with Crippen molar-refractivity contribution < 1.29 is 9.47 Å². The average molecular weight is 277 g/mol. The normalized spacial score (nSPS) is 12.7. The maximum absolute atomic E-state index is 6.13. The van der Waals surface area contributed by atoms with E-state index >= 15 is 0 Å². The third-order valence-electron chi connectivity index (χ3n) is 2.87. The zero-order valence-electron chi connectivity index (χ0n) is 10.2. The van der Waals surface area contributed by atoms with Gasteiger partial charge in [0.05, 0.1) is 5.02 Å². The molecule has 0 fully saturated rings. The van der Waals surface area contributed by atoms with E-state index in [0.717, 1.165) is 17.7 Å². The molecule has 3 rings (SSSR count). The van der Waals surface area contributed by atoms with Crippen LogP contribution < -0.4 is 14.8 Å². The van der Waals surface area contributed by atoms with Crippen LogP contribution in [0.25, 0.3) is 0 Å². The van der Waals surface area contributed by atoms with Crippen LogP contribution in [0.5, 0.6) is 11.5 Å². The molecule has 1 aliphatic rings. The largest absolute Gasteiger partial charge is 0.454 e. The van der Waals surface area contributed by atoms with Crippen LogP contribution >= 0.6 is 11.6 Å². The number of nitrogens with one attached hydrogen (secondary N) is 1. The van der Waals surface area contributed by atoms with Gasteiger partial charge in [0.15, 0.2) is 11.5 Å². The van der Waals surface area contributed by atoms with Gasteiger partial charge in [-0.05, 0) is 29.3 Å². The Bertz CT molecular complexity index is 575. The summed E-state index contributed by atoms with van der Waals surface area (Å²) in [6.45, 7) is 1.72. The number of ether oxygens (including phenoxy) is 2. The van der Waals surface area contributed by atoms with Crippen molar-refractivity contribution in [3.63, 3.8) is 0 Å². The molecule has 0 radical (unpaired) electrons. The molecule has 0 atom stereocenters. The summed E-state index contributed by atoms with van der Waals surface area (Å²) in [4.78, 5) is 4.07. The molecule has 19 heavy (non-hydrogen) atoms. The van der Waals surface area contributed by atoms with Crippen molar-refractivity contribution in [1.82, 2.24) is 10.3 Å². The Hall–Kier alpha value is -1.78. The Kier molecular flexibility index (Phi) is 3.53. The fraction of sp³-hybridized carbons (Fsp3) is 0.214. The van der Waals surface area contributed by atoms with Gasteiger partial charge in [-0.25, -0.2) is 0 Å². The van der Waals surface area contributed by atoms with Gasteiger partial charge in [0, 0.05) is 25.5 Å². The van der Waals surface area contributed by atoms with Crippen molar-refractivity contribution in [2.75, 3.05) is 6.79 Å². The molecule has 0 bridgehead atoms. The SMILES string of the molecule is Clc1cc(CNCc2cccnc2)cc2c1OCO2. The van der Waals surface area contributed by atoms with E-state index in [4.69, 9.17) is 21.1 Å². The molecule has 1 aromatic carbocycles. The molecule has 1 aliphatic heterocycles. The zero-order valence-corrected chi connectivity index (χ0v) is 11.0. The lowest BCUT2D eigenvalue weighted by molar-refractivity contribution is 0.174. The number of hydrogen-bond donors (Lipinski definition) is 1.